The van der Waals surface area contributed by atoms with Gasteiger partial charge in [-0.15, -0.1) is 0 Å². The number of aryl methyl sites for hydroxylation is 1. The summed E-state index contributed by atoms with van der Waals surface area (Å²) in [6, 6.07) is 0.678. The highest BCUT2D eigenvalue weighted by Crippen LogP contribution is 2.54. The van der Waals surface area contributed by atoms with Gasteiger partial charge in [0.25, 0.3) is 0 Å². The zero-order chi connectivity index (χ0) is 13.2. The number of nitrogens with zero attached hydrogens (tertiary/aromatic N) is 2. The molecule has 2 rings (SSSR count). The first-order valence-corrected chi connectivity index (χ1v) is 7.41. The van der Waals surface area contributed by atoms with E-state index in [4.69, 9.17) is 0 Å². The molecule has 0 radical (unpaired) electrons. The van der Waals surface area contributed by atoms with Crippen LogP contribution in [0.4, 0.5) is 0 Å². The van der Waals surface area contributed by atoms with E-state index in [0.29, 0.717) is 17.4 Å². The minimum absolute atomic E-state index is 0.400. The SMILES string of the molecule is CCCNC1CC(c2cnn(CC)c2)C1(C)CC. The second-order valence-electron chi connectivity index (χ2n) is 5.78. The molecule has 1 saturated carbocycles. The van der Waals surface area contributed by atoms with Crippen molar-refractivity contribution in [1.82, 2.24) is 15.1 Å². The Morgan fingerprint density at radius 2 is 2.22 bits per heavy atom. The molecular weight excluding hydrogens is 222 g/mol. The summed E-state index contributed by atoms with van der Waals surface area (Å²) in [5, 5.41) is 8.12. The second kappa shape index (κ2) is 5.43. The lowest BCUT2D eigenvalue weighted by Crippen LogP contribution is -2.56. The van der Waals surface area contributed by atoms with Crippen molar-refractivity contribution in [2.24, 2.45) is 5.41 Å². The van der Waals surface area contributed by atoms with Crippen molar-refractivity contribution >= 4 is 0 Å². The molecule has 3 atom stereocenters. The molecule has 0 bridgehead atoms. The number of hydrogen-bond donors (Lipinski definition) is 1. The van der Waals surface area contributed by atoms with E-state index in [0.717, 1.165) is 13.1 Å². The molecule has 3 nitrogen and oxygen atoms in total. The third kappa shape index (κ3) is 2.20. The Kier molecular flexibility index (Phi) is 4.10. The molecule has 18 heavy (non-hydrogen) atoms. The second-order valence-corrected chi connectivity index (χ2v) is 5.78. The molecule has 1 N–H and O–H groups in total. The van der Waals surface area contributed by atoms with Crippen LogP contribution in [0.25, 0.3) is 0 Å². The molecule has 0 aliphatic heterocycles. The molecule has 1 heterocycles. The average molecular weight is 249 g/mol. The van der Waals surface area contributed by atoms with E-state index in [1.54, 1.807) is 0 Å². The number of aromatic nitrogens is 2. The molecule has 0 saturated heterocycles. The highest BCUT2D eigenvalue weighted by atomic mass is 15.3. The fourth-order valence-electron chi connectivity index (χ4n) is 3.23. The predicted octanol–water partition coefficient (Wildman–Crippen LogP) is 3.17. The van der Waals surface area contributed by atoms with Crippen LogP contribution in [0.5, 0.6) is 0 Å². The minimum atomic E-state index is 0.400. The van der Waals surface area contributed by atoms with Crippen molar-refractivity contribution in [3.63, 3.8) is 0 Å². The molecular formula is C15H27N3. The van der Waals surface area contributed by atoms with Crippen LogP contribution in [-0.4, -0.2) is 22.4 Å². The van der Waals surface area contributed by atoms with Gasteiger partial charge in [0.2, 0.25) is 0 Å². The Bertz CT molecular complexity index is 385. The van der Waals surface area contributed by atoms with E-state index < -0.39 is 0 Å². The van der Waals surface area contributed by atoms with Crippen LogP contribution >= 0.6 is 0 Å². The van der Waals surface area contributed by atoms with Gasteiger partial charge in [0.15, 0.2) is 0 Å². The van der Waals surface area contributed by atoms with Crippen molar-refractivity contribution in [1.29, 1.82) is 0 Å². The van der Waals surface area contributed by atoms with Gasteiger partial charge in [0.1, 0.15) is 0 Å². The molecule has 102 valence electrons. The zero-order valence-electron chi connectivity index (χ0n) is 12.2. The number of hydrogen-bond acceptors (Lipinski definition) is 2. The van der Waals surface area contributed by atoms with Gasteiger partial charge in [0, 0.05) is 18.8 Å². The summed E-state index contributed by atoms with van der Waals surface area (Å²) in [7, 11) is 0. The summed E-state index contributed by atoms with van der Waals surface area (Å²) >= 11 is 0. The van der Waals surface area contributed by atoms with Gasteiger partial charge in [-0.2, -0.15) is 5.10 Å². The predicted molar refractivity (Wildman–Crippen MR) is 75.7 cm³/mol. The Morgan fingerprint density at radius 3 is 2.78 bits per heavy atom. The first-order valence-electron chi connectivity index (χ1n) is 7.41. The van der Waals surface area contributed by atoms with E-state index in [9.17, 15) is 0 Å². The van der Waals surface area contributed by atoms with Gasteiger partial charge < -0.3 is 5.32 Å². The summed E-state index contributed by atoms with van der Waals surface area (Å²) in [4.78, 5) is 0. The van der Waals surface area contributed by atoms with Gasteiger partial charge in [-0.25, -0.2) is 0 Å². The summed E-state index contributed by atoms with van der Waals surface area (Å²) < 4.78 is 2.04. The van der Waals surface area contributed by atoms with Crippen LogP contribution in [0.2, 0.25) is 0 Å². The normalized spacial score (nSPS) is 31.3. The Labute approximate surface area is 111 Å². The van der Waals surface area contributed by atoms with Crippen molar-refractivity contribution in [2.75, 3.05) is 6.54 Å². The maximum absolute atomic E-state index is 4.42. The highest BCUT2D eigenvalue weighted by molar-refractivity contribution is 5.23. The topological polar surface area (TPSA) is 29.9 Å². The summed E-state index contributed by atoms with van der Waals surface area (Å²) in [5.41, 5.74) is 1.83. The van der Waals surface area contributed by atoms with Crippen molar-refractivity contribution in [3.8, 4) is 0 Å². The molecule has 0 aromatic carbocycles. The monoisotopic (exact) mass is 249 g/mol. The molecule has 0 spiro atoms. The largest absolute Gasteiger partial charge is 0.313 e. The first kappa shape index (κ1) is 13.6. The molecule has 3 unspecified atom stereocenters. The van der Waals surface area contributed by atoms with Crippen molar-refractivity contribution in [3.05, 3.63) is 18.0 Å². The molecule has 3 heteroatoms. The van der Waals surface area contributed by atoms with Crippen LogP contribution in [0.15, 0.2) is 12.4 Å². The molecule has 0 amide bonds. The van der Waals surface area contributed by atoms with Crippen LogP contribution in [0.3, 0.4) is 0 Å². The number of nitrogens with one attached hydrogen (secondary N) is 1. The van der Waals surface area contributed by atoms with Crippen molar-refractivity contribution in [2.45, 2.75) is 65.5 Å². The van der Waals surface area contributed by atoms with Crippen LogP contribution in [0.1, 0.15) is 58.4 Å². The van der Waals surface area contributed by atoms with Gasteiger partial charge in [0.05, 0.1) is 6.20 Å². The fraction of sp³-hybridized carbons (Fsp3) is 0.800. The lowest BCUT2D eigenvalue weighted by atomic mass is 9.54. The maximum Gasteiger partial charge on any atom is 0.0524 e. The third-order valence-electron chi connectivity index (χ3n) is 4.85. The van der Waals surface area contributed by atoms with Crippen LogP contribution in [0, 0.1) is 5.41 Å². The highest BCUT2D eigenvalue weighted by Gasteiger charge is 2.50. The molecule has 1 fully saturated rings. The summed E-state index contributed by atoms with van der Waals surface area (Å²) in [6.07, 6.45) is 8.01. The molecule has 1 aromatic rings. The van der Waals surface area contributed by atoms with E-state index >= 15 is 0 Å². The van der Waals surface area contributed by atoms with Crippen LogP contribution < -0.4 is 5.32 Å². The molecule has 1 aliphatic rings. The van der Waals surface area contributed by atoms with E-state index in [2.05, 4.69) is 50.5 Å². The minimum Gasteiger partial charge on any atom is -0.313 e. The third-order valence-corrected chi connectivity index (χ3v) is 4.85. The lowest BCUT2D eigenvalue weighted by Gasteiger charge is -2.54. The van der Waals surface area contributed by atoms with Gasteiger partial charge >= 0.3 is 0 Å². The summed E-state index contributed by atoms with van der Waals surface area (Å²) in [6.45, 7) is 11.2. The molecule has 1 aromatic heterocycles. The van der Waals surface area contributed by atoms with Crippen LogP contribution in [-0.2, 0) is 6.54 Å². The van der Waals surface area contributed by atoms with Gasteiger partial charge in [-0.05, 0) is 49.6 Å². The zero-order valence-corrected chi connectivity index (χ0v) is 12.2. The Hall–Kier alpha value is -0.830. The Morgan fingerprint density at radius 1 is 1.44 bits per heavy atom. The summed E-state index contributed by atoms with van der Waals surface area (Å²) in [5.74, 6) is 0.678. The van der Waals surface area contributed by atoms with Gasteiger partial charge in [-0.3, -0.25) is 4.68 Å². The Balaban J connectivity index is 2.07. The van der Waals surface area contributed by atoms with Crippen molar-refractivity contribution < 1.29 is 0 Å². The standard InChI is InChI=1S/C15H27N3/c1-5-8-16-14-9-13(15(14,4)6-2)12-10-17-18(7-3)11-12/h10-11,13-14,16H,5-9H2,1-4H3. The fourth-order valence-corrected chi connectivity index (χ4v) is 3.23. The average Bonchev–Trinajstić information content (AvgIpc) is 2.85. The molecule has 1 aliphatic carbocycles. The lowest BCUT2D eigenvalue weighted by molar-refractivity contribution is 0.0445. The number of rotatable bonds is 6. The quantitative estimate of drug-likeness (QED) is 0.839. The smallest absolute Gasteiger partial charge is 0.0524 e. The van der Waals surface area contributed by atoms with Gasteiger partial charge in [-0.1, -0.05) is 20.8 Å². The van der Waals surface area contributed by atoms with E-state index in [1.165, 1.54) is 24.8 Å². The van der Waals surface area contributed by atoms with E-state index in [1.807, 2.05) is 4.68 Å². The first-order chi connectivity index (χ1) is 8.65. The van der Waals surface area contributed by atoms with E-state index in [-0.39, 0.29) is 0 Å². The maximum atomic E-state index is 4.42.